The molecule has 1 fully saturated rings. The molecule has 25 heteroatoms. The lowest BCUT2D eigenvalue weighted by Gasteiger charge is -2.19. The minimum atomic E-state index is -3.49. The number of anilines is 1. The van der Waals surface area contributed by atoms with Gasteiger partial charge in [-0.25, -0.2) is 22.6 Å². The number of amides is 3. The van der Waals surface area contributed by atoms with Gasteiger partial charge in [0.1, 0.15) is 24.1 Å². The molecule has 0 spiro atoms. The van der Waals surface area contributed by atoms with E-state index in [4.69, 9.17) is 34.5 Å². The van der Waals surface area contributed by atoms with E-state index in [9.17, 15) is 42.0 Å². The highest BCUT2D eigenvalue weighted by Gasteiger charge is 2.54. The number of carbonyl (C=O) groups is 7. The van der Waals surface area contributed by atoms with Crippen molar-refractivity contribution in [3.8, 4) is 5.69 Å². The number of aromatic nitrogens is 5. The number of nitrogens with two attached hydrogens (primary N) is 1. The number of rotatable bonds is 28. The van der Waals surface area contributed by atoms with Crippen LogP contribution in [0.5, 0.6) is 0 Å². The zero-order valence-electron chi connectivity index (χ0n) is 85.7. The first-order valence-electron chi connectivity index (χ1n) is 46.0. The summed E-state index contributed by atoms with van der Waals surface area (Å²) in [5, 5.41) is 25.1. The molecule has 3 amide bonds. The van der Waals surface area contributed by atoms with Crippen LogP contribution in [0.1, 0.15) is 294 Å². The van der Waals surface area contributed by atoms with Gasteiger partial charge in [-0.1, -0.05) is 294 Å². The Morgan fingerprint density at radius 3 is 1.34 bits per heavy atom. The third-order valence-electron chi connectivity index (χ3n) is 21.4. The number of ether oxygens (including phenoxy) is 5. The van der Waals surface area contributed by atoms with Crippen LogP contribution in [0.4, 0.5) is 10.5 Å². The highest BCUT2D eigenvalue weighted by Crippen LogP contribution is 2.47. The first kappa shape index (κ1) is 117. The summed E-state index contributed by atoms with van der Waals surface area (Å²) in [5.41, 5.74) is 21.0. The summed E-state index contributed by atoms with van der Waals surface area (Å²) in [5.74, 6) is -0.348. The van der Waals surface area contributed by atoms with Gasteiger partial charge in [0, 0.05) is 83.3 Å². The number of carbonyl (C=O) groups excluding carboxylic acids is 7. The molecule has 1 aliphatic rings. The van der Waals surface area contributed by atoms with Gasteiger partial charge in [0.25, 0.3) is 5.91 Å². The van der Waals surface area contributed by atoms with Gasteiger partial charge >= 0.3 is 12.1 Å². The number of hydrogen-bond donors (Lipinski definition) is 5. The van der Waals surface area contributed by atoms with Crippen molar-refractivity contribution in [3.05, 3.63) is 267 Å². The number of nitrogens with one attached hydrogen (secondary N) is 3. The Hall–Kier alpha value is -10.8. The Balaban J connectivity index is 0.000000395. The highest BCUT2D eigenvalue weighted by atomic mass is 32.2. The number of pyridine rings is 1. The molecule has 2 aromatic heterocycles. The lowest BCUT2D eigenvalue weighted by Crippen LogP contribution is -2.33. The predicted octanol–water partition coefficient (Wildman–Crippen LogP) is 20.7. The van der Waals surface area contributed by atoms with Crippen LogP contribution in [0.25, 0.3) is 5.69 Å². The molecule has 9 aromatic rings. The lowest BCUT2D eigenvalue weighted by molar-refractivity contribution is -0.143. The molecular formula is C109H157N9O15S. The summed E-state index contributed by atoms with van der Waals surface area (Å²) < 4.78 is 52.0. The number of sulfonamides is 1. The molecule has 0 radical (unpaired) electrons. The topological polar surface area (TPSA) is 339 Å². The Bertz CT molecular complexity index is 5150. The van der Waals surface area contributed by atoms with Crippen molar-refractivity contribution in [2.45, 2.75) is 280 Å². The third kappa shape index (κ3) is 44.1. The minimum absolute atomic E-state index is 0.000813. The molecule has 0 saturated heterocycles. The van der Waals surface area contributed by atoms with Crippen molar-refractivity contribution >= 4 is 56.9 Å². The molecule has 2 heterocycles. The van der Waals surface area contributed by atoms with Gasteiger partial charge in [-0.15, -0.1) is 5.10 Å². The fourth-order valence-electron chi connectivity index (χ4n) is 12.5. The Labute approximate surface area is 801 Å². The van der Waals surface area contributed by atoms with Crippen LogP contribution in [0.3, 0.4) is 0 Å². The van der Waals surface area contributed by atoms with Crippen molar-refractivity contribution in [1.82, 2.24) is 35.2 Å². The van der Waals surface area contributed by atoms with Crippen molar-refractivity contribution < 1.29 is 70.8 Å². The zero-order chi connectivity index (χ0) is 101. The molecule has 0 aliphatic heterocycles. The van der Waals surface area contributed by atoms with E-state index in [-0.39, 0.29) is 104 Å². The molecular weight excluding hydrogens is 1710 g/mol. The maximum absolute atomic E-state index is 12.1. The van der Waals surface area contributed by atoms with Crippen molar-refractivity contribution in [3.63, 3.8) is 0 Å². The van der Waals surface area contributed by atoms with Crippen LogP contribution >= 0.6 is 0 Å². The lowest BCUT2D eigenvalue weighted by atomic mass is 9.85. The molecule has 0 bridgehead atoms. The number of hydrogen-bond acceptors (Lipinski definition) is 19. The molecule has 734 valence electrons. The number of tetrazole rings is 1. The number of aliphatic hydroxyl groups excluding tert-OH is 1. The quantitative estimate of drug-likeness (QED) is 0.0132. The molecule has 0 atom stereocenters. The average Bonchev–Trinajstić information content (AvgIpc) is 1.62. The van der Waals surface area contributed by atoms with Crippen molar-refractivity contribution in [2.75, 3.05) is 79.4 Å². The smallest absolute Gasteiger partial charge is 0.411 e. The van der Waals surface area contributed by atoms with Crippen LogP contribution in [0, 0.1) is 5.41 Å². The number of esters is 1. The predicted molar refractivity (Wildman–Crippen MR) is 539 cm³/mol. The second-order valence-electron chi connectivity index (χ2n) is 41.5. The fourth-order valence-corrected chi connectivity index (χ4v) is 13.5. The van der Waals surface area contributed by atoms with Gasteiger partial charge in [0.2, 0.25) is 15.9 Å². The van der Waals surface area contributed by atoms with Crippen LogP contribution in [0.2, 0.25) is 0 Å². The fraction of sp³-hybridized carbons (Fsp3) is 0.495. The summed E-state index contributed by atoms with van der Waals surface area (Å²) in [7, 11) is 1.34. The van der Waals surface area contributed by atoms with E-state index < -0.39 is 27.4 Å². The summed E-state index contributed by atoms with van der Waals surface area (Å²) in [6.45, 7) is 57.8. The van der Waals surface area contributed by atoms with Gasteiger partial charge < -0.3 is 39.8 Å². The van der Waals surface area contributed by atoms with Gasteiger partial charge in [0.15, 0.2) is 11.6 Å². The van der Waals surface area contributed by atoms with Gasteiger partial charge in [-0.2, -0.15) is 0 Å². The van der Waals surface area contributed by atoms with Crippen LogP contribution in [-0.4, -0.2) is 154 Å². The first-order valence-corrected chi connectivity index (χ1v) is 47.5. The van der Waals surface area contributed by atoms with E-state index in [1.807, 2.05) is 153 Å². The molecule has 24 nitrogen and oxygen atoms in total. The van der Waals surface area contributed by atoms with E-state index in [1.165, 1.54) is 33.4 Å². The number of methoxy groups -OCH3 is 3. The maximum atomic E-state index is 12.1. The summed E-state index contributed by atoms with van der Waals surface area (Å²) >= 11 is 0. The summed E-state index contributed by atoms with van der Waals surface area (Å²) in [6.07, 6.45) is 7.48. The molecule has 6 N–H and O–H groups in total. The molecule has 0 unspecified atom stereocenters. The first-order chi connectivity index (χ1) is 62.2. The van der Waals surface area contributed by atoms with E-state index in [0.29, 0.717) is 70.6 Å². The van der Waals surface area contributed by atoms with E-state index in [1.54, 1.807) is 51.4 Å². The molecule has 10 rings (SSSR count). The van der Waals surface area contributed by atoms with E-state index in [2.05, 4.69) is 232 Å². The highest BCUT2D eigenvalue weighted by molar-refractivity contribution is 7.89. The Morgan fingerprint density at radius 2 is 0.925 bits per heavy atom. The number of nitrogens with zero attached hydrogens (tertiary/aromatic N) is 5. The molecule has 134 heavy (non-hydrogen) atoms. The van der Waals surface area contributed by atoms with Crippen LogP contribution in [0.15, 0.2) is 199 Å². The summed E-state index contributed by atoms with van der Waals surface area (Å²) in [4.78, 5) is 85.3. The Kier molecular flexibility index (Phi) is 47.9. The number of Topliss-reactive ketones (excluding diaryl/α,β-unsaturated/α-hetero) is 3. The SMILES string of the molecule is CC(=O)Cc1ccc(C(C)(C)C)cc1.CC(C)(C)c1ccc(-n2cnnn2)cc1.CC(C)(C)c1ccc(CC(=O)C2(C(N)=O)CC2)cc1.CC(C)(C)c1ccc(S(=O)(=O)NCCO)cc1.CCCOC(=O)Cc1ccc(C(C)(C)C)cn1.COCCCC(=O)c1cccc(C(C)(C)C)c1.COCCNC(=O)c1ccc(C(C)(C)C)cc1.COCCOC(=O)Nc1cccc(C(C)(C)C)c1. The third-order valence-corrected chi connectivity index (χ3v) is 22.9. The van der Waals surface area contributed by atoms with Gasteiger partial charge in [-0.3, -0.25) is 39.1 Å². The number of primary amides is 1. The van der Waals surface area contributed by atoms with Crippen LogP contribution in [-0.2, 0) is 115 Å². The second-order valence-corrected chi connectivity index (χ2v) is 43.2. The van der Waals surface area contributed by atoms with E-state index >= 15 is 0 Å². The molecule has 1 aliphatic carbocycles. The Morgan fingerprint density at radius 1 is 0.478 bits per heavy atom. The summed E-state index contributed by atoms with van der Waals surface area (Å²) in [6, 6.07) is 58.8. The van der Waals surface area contributed by atoms with Crippen molar-refractivity contribution in [2.24, 2.45) is 11.1 Å². The number of ketones is 3. The zero-order valence-corrected chi connectivity index (χ0v) is 86.5. The number of benzene rings is 7. The average molecular weight is 1870 g/mol. The standard InChI is InChI=1S/C16H21NO2.C15H22O2.C14H21NO3.2C14H21NO2.C13H18O.C12H19NO3S.C11H14N4/c1-15(2,3)12-6-4-11(5-7-12)10-13(18)16(8-9-16)14(17)19;1-15(2,3)13-8-5-7-12(11-13)14(16)9-6-10-17-4;1-14(2,3)11-6-5-7-12(10-11)15-13(16)18-9-8-17-4;1-14(2,3)12-7-5-11(6-8-12)13(16)15-9-10-17-4;1-5-8-17-13(16)9-12-7-6-11(10-15-12)14(2,3)4;1-10(14)9-11-5-7-12(8-6-11)13(2,3)4;1-12(2,3)10-4-6-11(7-5-10)17(15,16)13-8-9-14;1-11(2,3)9-4-6-10(7-5-9)15-8-12-13-14-15/h4-7H,8-10H2,1-3H3,(H2,17,19);5,7-8,11H,6,9-10H2,1-4H3;5-7,10H,8-9H2,1-4H3,(H,15,16);5-8H,9-10H2,1-4H3,(H,15,16);6-7,10H,5,8-9H2,1-4H3;5-8H,9H2,1-4H3;4-7,13-14H,8-9H2,1-3H3;4-8H,1-3H3. The normalized spacial score (nSPS) is 12.3. The monoisotopic (exact) mass is 1860 g/mol. The largest absolute Gasteiger partial charge is 0.465 e. The minimum Gasteiger partial charge on any atom is -0.465 e. The maximum Gasteiger partial charge on any atom is 0.411 e. The molecule has 7 aromatic carbocycles. The number of aliphatic hydroxyl groups is 1. The second kappa shape index (κ2) is 54.7. The van der Waals surface area contributed by atoms with E-state index in [0.717, 1.165) is 57.7 Å². The van der Waals surface area contributed by atoms with Crippen molar-refractivity contribution in [1.29, 1.82) is 0 Å². The van der Waals surface area contributed by atoms with Gasteiger partial charge in [-0.05, 0) is 203 Å². The van der Waals surface area contributed by atoms with Gasteiger partial charge in [0.05, 0.1) is 49.1 Å². The van der Waals surface area contributed by atoms with Crippen LogP contribution < -0.4 is 21.1 Å². The molecule has 1 saturated carbocycles.